The molecule has 2 aromatic carbocycles. The van der Waals surface area contributed by atoms with Gasteiger partial charge in [0.05, 0.1) is 11.9 Å². The second-order valence-electron chi connectivity index (χ2n) is 7.60. The van der Waals surface area contributed by atoms with Crippen LogP contribution in [0.3, 0.4) is 0 Å². The number of para-hydroxylation sites is 1. The zero-order chi connectivity index (χ0) is 22.1. The van der Waals surface area contributed by atoms with E-state index in [1.807, 2.05) is 54.6 Å². The number of ether oxygens (including phenoxy) is 2. The highest BCUT2D eigenvalue weighted by Gasteiger charge is 2.26. The summed E-state index contributed by atoms with van der Waals surface area (Å²) in [6.07, 6.45) is 2.40. The number of aromatic nitrogens is 4. The Morgan fingerprint density at radius 3 is 2.59 bits per heavy atom. The number of benzene rings is 2. The molecular weight excluding hydrogens is 406 g/mol. The van der Waals surface area contributed by atoms with Crippen molar-refractivity contribution in [2.24, 2.45) is 0 Å². The largest absolute Gasteiger partial charge is 0.457 e. The van der Waals surface area contributed by atoms with E-state index in [1.54, 1.807) is 4.68 Å². The molecule has 0 radical (unpaired) electrons. The number of nitrogens with two attached hydrogens (primary N) is 1. The number of hydrogen-bond donors (Lipinski definition) is 1. The van der Waals surface area contributed by atoms with Crippen LogP contribution in [0.2, 0.25) is 0 Å². The summed E-state index contributed by atoms with van der Waals surface area (Å²) >= 11 is 0. The SMILES string of the molecule is C=C1CCC(Cn2nc(-c3ccc(Oc4ccccc4)cc3)c3c(N)ncnc32)OC1=O. The van der Waals surface area contributed by atoms with Crippen LogP contribution in [0.1, 0.15) is 12.8 Å². The first-order valence-electron chi connectivity index (χ1n) is 10.3. The lowest BCUT2D eigenvalue weighted by atomic mass is 10.1. The van der Waals surface area contributed by atoms with E-state index in [1.165, 1.54) is 6.33 Å². The van der Waals surface area contributed by atoms with Crippen molar-refractivity contribution in [2.75, 3.05) is 5.73 Å². The van der Waals surface area contributed by atoms with Crippen molar-refractivity contribution in [3.05, 3.63) is 73.1 Å². The second-order valence-corrected chi connectivity index (χ2v) is 7.60. The molecule has 1 fully saturated rings. The van der Waals surface area contributed by atoms with Crippen LogP contribution in [0.5, 0.6) is 11.5 Å². The smallest absolute Gasteiger partial charge is 0.333 e. The Hall–Kier alpha value is -4.20. The highest BCUT2D eigenvalue weighted by molar-refractivity contribution is 5.98. The van der Waals surface area contributed by atoms with Gasteiger partial charge in [0.25, 0.3) is 0 Å². The zero-order valence-electron chi connectivity index (χ0n) is 17.3. The molecule has 160 valence electrons. The van der Waals surface area contributed by atoms with Gasteiger partial charge in [-0.25, -0.2) is 19.4 Å². The molecule has 2 N–H and O–H groups in total. The number of carbonyl (C=O) groups excluding carboxylic acids is 1. The number of nitrogen functional groups attached to an aromatic ring is 1. The summed E-state index contributed by atoms with van der Waals surface area (Å²) in [6.45, 7) is 4.11. The van der Waals surface area contributed by atoms with Crippen molar-refractivity contribution in [3.63, 3.8) is 0 Å². The molecule has 0 saturated carbocycles. The number of carbonyl (C=O) groups is 1. The number of nitrogens with zero attached hydrogens (tertiary/aromatic N) is 4. The summed E-state index contributed by atoms with van der Waals surface area (Å²) in [4.78, 5) is 20.4. The van der Waals surface area contributed by atoms with E-state index in [0.717, 1.165) is 11.3 Å². The van der Waals surface area contributed by atoms with Crippen molar-refractivity contribution in [1.29, 1.82) is 0 Å². The zero-order valence-corrected chi connectivity index (χ0v) is 17.3. The van der Waals surface area contributed by atoms with Crippen LogP contribution in [-0.2, 0) is 16.1 Å². The molecule has 8 nitrogen and oxygen atoms in total. The van der Waals surface area contributed by atoms with Gasteiger partial charge in [0.15, 0.2) is 5.65 Å². The quantitative estimate of drug-likeness (QED) is 0.377. The van der Waals surface area contributed by atoms with E-state index in [9.17, 15) is 4.79 Å². The van der Waals surface area contributed by atoms with Gasteiger partial charge in [-0.15, -0.1) is 0 Å². The number of esters is 1. The maximum Gasteiger partial charge on any atom is 0.333 e. The lowest BCUT2D eigenvalue weighted by Crippen LogP contribution is -2.29. The Labute approximate surface area is 184 Å². The predicted molar refractivity (Wildman–Crippen MR) is 120 cm³/mol. The normalized spacial score (nSPS) is 16.2. The third-order valence-electron chi connectivity index (χ3n) is 5.37. The summed E-state index contributed by atoms with van der Waals surface area (Å²) in [5, 5.41) is 5.41. The average molecular weight is 427 g/mol. The van der Waals surface area contributed by atoms with E-state index >= 15 is 0 Å². The molecule has 2 aromatic heterocycles. The van der Waals surface area contributed by atoms with Gasteiger partial charge in [0.2, 0.25) is 0 Å². The predicted octanol–water partition coefficient (Wildman–Crippen LogP) is 4.13. The number of anilines is 1. The number of cyclic esters (lactones) is 1. The number of rotatable bonds is 5. The van der Waals surface area contributed by atoms with Crippen LogP contribution in [0.15, 0.2) is 73.1 Å². The summed E-state index contributed by atoms with van der Waals surface area (Å²) in [7, 11) is 0. The maximum absolute atomic E-state index is 11.9. The molecule has 32 heavy (non-hydrogen) atoms. The monoisotopic (exact) mass is 427 g/mol. The van der Waals surface area contributed by atoms with Crippen LogP contribution < -0.4 is 10.5 Å². The van der Waals surface area contributed by atoms with Gasteiger partial charge in [-0.1, -0.05) is 24.8 Å². The molecule has 0 amide bonds. The summed E-state index contributed by atoms with van der Waals surface area (Å²) < 4.78 is 13.1. The highest BCUT2D eigenvalue weighted by atomic mass is 16.5. The second kappa shape index (κ2) is 8.14. The van der Waals surface area contributed by atoms with Crippen LogP contribution in [-0.4, -0.2) is 31.8 Å². The first-order valence-corrected chi connectivity index (χ1v) is 10.3. The van der Waals surface area contributed by atoms with Gasteiger partial charge < -0.3 is 15.2 Å². The molecule has 0 aliphatic carbocycles. The van der Waals surface area contributed by atoms with Crippen molar-refractivity contribution in [3.8, 4) is 22.8 Å². The van der Waals surface area contributed by atoms with Gasteiger partial charge in [-0.3, -0.25) is 0 Å². The molecule has 0 bridgehead atoms. The first-order chi connectivity index (χ1) is 15.6. The van der Waals surface area contributed by atoms with E-state index in [2.05, 4.69) is 16.5 Å². The van der Waals surface area contributed by atoms with Gasteiger partial charge in [-0.05, 0) is 49.2 Å². The van der Waals surface area contributed by atoms with Gasteiger partial charge in [0, 0.05) is 11.1 Å². The fraction of sp³-hybridized carbons (Fsp3) is 0.167. The van der Waals surface area contributed by atoms with Crippen LogP contribution in [0, 0.1) is 0 Å². The van der Waals surface area contributed by atoms with E-state index in [0.29, 0.717) is 53.3 Å². The van der Waals surface area contributed by atoms with Crippen LogP contribution in [0.25, 0.3) is 22.3 Å². The molecule has 4 aromatic rings. The summed E-state index contributed by atoms with van der Waals surface area (Å²) in [6, 6.07) is 17.2. The van der Waals surface area contributed by atoms with Gasteiger partial charge in [0.1, 0.15) is 35.4 Å². The first kappa shape index (κ1) is 19.7. The lowest BCUT2D eigenvalue weighted by molar-refractivity contribution is -0.148. The fourth-order valence-corrected chi connectivity index (χ4v) is 3.72. The maximum atomic E-state index is 11.9. The van der Waals surface area contributed by atoms with E-state index in [-0.39, 0.29) is 12.1 Å². The van der Waals surface area contributed by atoms with E-state index < -0.39 is 0 Å². The fourth-order valence-electron chi connectivity index (χ4n) is 3.72. The third-order valence-corrected chi connectivity index (χ3v) is 5.37. The topological polar surface area (TPSA) is 105 Å². The van der Waals surface area contributed by atoms with Crippen molar-refractivity contribution < 1.29 is 14.3 Å². The van der Waals surface area contributed by atoms with Crippen LogP contribution in [0.4, 0.5) is 5.82 Å². The van der Waals surface area contributed by atoms with Crippen LogP contribution >= 0.6 is 0 Å². The molecular formula is C24H21N5O3. The minimum Gasteiger partial charge on any atom is -0.457 e. The molecule has 8 heteroatoms. The standard InChI is InChI=1S/C24H21N5O3/c1-15-7-10-19(32-24(15)30)13-29-23-20(22(25)26-14-27-23)21(28-29)16-8-11-18(12-9-16)31-17-5-3-2-4-6-17/h2-6,8-9,11-12,14,19H,1,7,10,13H2,(H2,25,26,27). The number of hydrogen-bond acceptors (Lipinski definition) is 7. The minimum absolute atomic E-state index is 0.304. The molecule has 1 unspecified atom stereocenters. The average Bonchev–Trinajstić information content (AvgIpc) is 3.17. The molecule has 0 spiro atoms. The van der Waals surface area contributed by atoms with Gasteiger partial charge >= 0.3 is 5.97 Å². The molecule has 5 rings (SSSR count). The Bertz CT molecular complexity index is 1300. The van der Waals surface area contributed by atoms with E-state index in [4.69, 9.17) is 20.3 Å². The lowest BCUT2D eigenvalue weighted by Gasteiger charge is -2.23. The Morgan fingerprint density at radius 1 is 1.09 bits per heavy atom. The minimum atomic E-state index is -0.360. The molecule has 1 aliphatic heterocycles. The molecule has 1 aliphatic rings. The highest BCUT2D eigenvalue weighted by Crippen LogP contribution is 2.32. The van der Waals surface area contributed by atoms with Crippen molar-refractivity contribution >= 4 is 22.8 Å². The van der Waals surface area contributed by atoms with Crippen molar-refractivity contribution in [1.82, 2.24) is 19.7 Å². The Morgan fingerprint density at radius 2 is 1.84 bits per heavy atom. The van der Waals surface area contributed by atoms with Gasteiger partial charge in [-0.2, -0.15) is 5.10 Å². The Balaban J connectivity index is 1.46. The van der Waals surface area contributed by atoms with Crippen molar-refractivity contribution in [2.45, 2.75) is 25.5 Å². The summed E-state index contributed by atoms with van der Waals surface area (Å²) in [5.41, 5.74) is 8.79. The molecule has 1 saturated heterocycles. The molecule has 3 heterocycles. The Kier molecular flexibility index (Phi) is 5.03. The third kappa shape index (κ3) is 3.78. The summed E-state index contributed by atoms with van der Waals surface area (Å²) in [5.74, 6) is 1.45. The number of fused-ring (bicyclic) bond motifs is 1. The molecule has 1 atom stereocenters.